The summed E-state index contributed by atoms with van der Waals surface area (Å²) < 4.78 is 38.6. The molecule has 1 aromatic carbocycles. The first-order chi connectivity index (χ1) is 13.3. The minimum Gasteiger partial charge on any atom is -0.398 e. The van der Waals surface area contributed by atoms with Crippen molar-refractivity contribution >= 4 is 17.3 Å². The van der Waals surface area contributed by atoms with E-state index in [1.807, 2.05) is 0 Å². The van der Waals surface area contributed by atoms with Gasteiger partial charge in [-0.1, -0.05) is 17.7 Å². The van der Waals surface area contributed by atoms with Crippen molar-refractivity contribution in [2.75, 3.05) is 31.9 Å². The molecular formula is C18H23ClF3N5O. The molecule has 0 saturated carbocycles. The summed E-state index contributed by atoms with van der Waals surface area (Å²) in [6.07, 6.45) is -3.64. The Hall–Kier alpha value is -1.81. The second-order valence-electron chi connectivity index (χ2n) is 6.91. The lowest BCUT2D eigenvalue weighted by molar-refractivity contribution is -0.141. The number of H-pyrrole nitrogens is 1. The van der Waals surface area contributed by atoms with Crippen LogP contribution in [0.4, 0.5) is 18.9 Å². The molecule has 0 spiro atoms. The predicted octanol–water partition coefficient (Wildman–Crippen LogP) is 3.25. The van der Waals surface area contributed by atoms with Crippen LogP contribution in [0.15, 0.2) is 24.3 Å². The van der Waals surface area contributed by atoms with Crippen LogP contribution in [-0.2, 0) is 12.7 Å². The number of alkyl halides is 3. The largest absolute Gasteiger partial charge is 0.435 e. The number of hydrogen-bond acceptors (Lipinski definition) is 5. The maximum Gasteiger partial charge on any atom is 0.435 e. The molecule has 0 amide bonds. The molecule has 0 aliphatic carbocycles. The number of likely N-dealkylation sites (tertiary alicyclic amines) is 1. The van der Waals surface area contributed by atoms with E-state index in [1.54, 1.807) is 23.1 Å². The van der Waals surface area contributed by atoms with Crippen molar-refractivity contribution in [2.24, 2.45) is 0 Å². The van der Waals surface area contributed by atoms with Gasteiger partial charge in [-0.05, 0) is 44.1 Å². The number of aromatic amines is 1. The molecule has 0 bridgehead atoms. The summed E-state index contributed by atoms with van der Waals surface area (Å²) in [5, 5.41) is 16.8. The van der Waals surface area contributed by atoms with Crippen molar-refractivity contribution in [1.29, 1.82) is 0 Å². The van der Waals surface area contributed by atoms with Crippen LogP contribution < -0.4 is 5.73 Å². The average Bonchev–Trinajstić information content (AvgIpc) is 3.31. The average molecular weight is 418 g/mol. The van der Waals surface area contributed by atoms with Gasteiger partial charge in [-0.2, -0.15) is 18.3 Å². The highest BCUT2D eigenvalue weighted by atomic mass is 35.5. The van der Waals surface area contributed by atoms with Crippen molar-refractivity contribution < 1.29 is 18.3 Å². The summed E-state index contributed by atoms with van der Waals surface area (Å²) in [5.74, 6) is 0. The minimum absolute atomic E-state index is 0.0284. The van der Waals surface area contributed by atoms with Gasteiger partial charge in [0.05, 0.1) is 5.69 Å². The molecule has 1 unspecified atom stereocenters. The van der Waals surface area contributed by atoms with E-state index >= 15 is 0 Å². The number of halogens is 4. The molecule has 1 atom stereocenters. The molecule has 1 aliphatic heterocycles. The number of nitrogens with one attached hydrogen (secondary N) is 1. The standard InChI is InChI=1S/C18H23ClF3N5O/c19-13-4-3-5-14(23)12(13)11-27(9-8-26-6-1-2-7-26)17(28)15-10-16(25-24-15)18(20,21)22/h3-5,10,17,28H,1-2,6-9,11,23H2,(H,24,25). The third kappa shape index (κ3) is 4.96. The lowest BCUT2D eigenvalue weighted by Gasteiger charge is -2.29. The maximum atomic E-state index is 12.9. The molecule has 1 aromatic heterocycles. The molecule has 3 rings (SSSR count). The molecule has 6 nitrogen and oxygen atoms in total. The number of anilines is 1. The number of rotatable bonds is 7. The summed E-state index contributed by atoms with van der Waals surface area (Å²) in [4.78, 5) is 3.90. The molecule has 2 aromatic rings. The van der Waals surface area contributed by atoms with E-state index in [0.717, 1.165) is 32.0 Å². The highest BCUT2D eigenvalue weighted by molar-refractivity contribution is 6.31. The fourth-order valence-corrected chi connectivity index (χ4v) is 3.56. The Morgan fingerprint density at radius 2 is 2.04 bits per heavy atom. The van der Waals surface area contributed by atoms with Crippen molar-refractivity contribution in [1.82, 2.24) is 20.0 Å². The number of nitrogen functional groups attached to an aromatic ring is 1. The molecule has 0 radical (unpaired) electrons. The summed E-state index contributed by atoms with van der Waals surface area (Å²) in [7, 11) is 0. The van der Waals surface area contributed by atoms with Crippen molar-refractivity contribution in [3.63, 3.8) is 0 Å². The van der Waals surface area contributed by atoms with E-state index in [1.165, 1.54) is 0 Å². The van der Waals surface area contributed by atoms with Gasteiger partial charge in [0.2, 0.25) is 0 Å². The van der Waals surface area contributed by atoms with Crippen LogP contribution in [-0.4, -0.2) is 51.3 Å². The summed E-state index contributed by atoms with van der Waals surface area (Å²) in [5.41, 5.74) is 6.01. The second-order valence-corrected chi connectivity index (χ2v) is 7.31. The van der Waals surface area contributed by atoms with E-state index in [4.69, 9.17) is 17.3 Å². The second kappa shape index (κ2) is 8.69. The first kappa shape index (κ1) is 20.9. The van der Waals surface area contributed by atoms with Gasteiger partial charge in [0, 0.05) is 35.9 Å². The summed E-state index contributed by atoms with van der Waals surface area (Å²) in [6.45, 7) is 3.26. The fraction of sp³-hybridized carbons (Fsp3) is 0.500. The number of hydrogen-bond donors (Lipinski definition) is 3. The van der Waals surface area contributed by atoms with Gasteiger partial charge < -0.3 is 15.7 Å². The van der Waals surface area contributed by atoms with E-state index in [-0.39, 0.29) is 12.2 Å². The first-order valence-electron chi connectivity index (χ1n) is 9.05. The molecular weight excluding hydrogens is 395 g/mol. The summed E-state index contributed by atoms with van der Waals surface area (Å²) in [6, 6.07) is 5.93. The van der Waals surface area contributed by atoms with Crippen LogP contribution in [0.1, 0.15) is 36.0 Å². The zero-order valence-electron chi connectivity index (χ0n) is 15.2. The predicted molar refractivity (Wildman–Crippen MR) is 100 cm³/mol. The monoisotopic (exact) mass is 417 g/mol. The van der Waals surface area contributed by atoms with Crippen molar-refractivity contribution in [3.8, 4) is 0 Å². The van der Waals surface area contributed by atoms with Crippen LogP contribution in [0.25, 0.3) is 0 Å². The zero-order chi connectivity index (χ0) is 20.3. The van der Waals surface area contributed by atoms with E-state index < -0.39 is 18.1 Å². The molecule has 28 heavy (non-hydrogen) atoms. The van der Waals surface area contributed by atoms with E-state index in [9.17, 15) is 18.3 Å². The van der Waals surface area contributed by atoms with Gasteiger partial charge in [0.15, 0.2) is 5.69 Å². The molecule has 4 N–H and O–H groups in total. The zero-order valence-corrected chi connectivity index (χ0v) is 16.0. The van der Waals surface area contributed by atoms with Crippen LogP contribution >= 0.6 is 11.6 Å². The fourth-order valence-electron chi connectivity index (χ4n) is 3.32. The van der Waals surface area contributed by atoms with Gasteiger partial charge in [0.25, 0.3) is 0 Å². The summed E-state index contributed by atoms with van der Waals surface area (Å²) >= 11 is 6.25. The van der Waals surface area contributed by atoms with Crippen molar-refractivity contribution in [3.05, 3.63) is 46.2 Å². The highest BCUT2D eigenvalue weighted by Gasteiger charge is 2.35. The van der Waals surface area contributed by atoms with Gasteiger partial charge in [-0.15, -0.1) is 0 Å². The molecule has 1 aliphatic rings. The topological polar surface area (TPSA) is 81.4 Å². The van der Waals surface area contributed by atoms with Crippen molar-refractivity contribution in [2.45, 2.75) is 31.8 Å². The number of nitrogens with zero attached hydrogens (tertiary/aromatic N) is 3. The molecule has 2 heterocycles. The normalized spacial score (nSPS) is 16.8. The van der Waals surface area contributed by atoms with E-state index in [2.05, 4.69) is 15.1 Å². The Balaban J connectivity index is 1.80. The van der Waals surface area contributed by atoms with Crippen LogP contribution in [0.3, 0.4) is 0 Å². The van der Waals surface area contributed by atoms with Crippen LogP contribution in [0.5, 0.6) is 0 Å². The Labute approximate surface area is 166 Å². The van der Waals surface area contributed by atoms with Gasteiger partial charge in [0.1, 0.15) is 6.23 Å². The third-order valence-corrected chi connectivity index (χ3v) is 5.28. The van der Waals surface area contributed by atoms with Crippen LogP contribution in [0.2, 0.25) is 5.02 Å². The Morgan fingerprint density at radius 1 is 1.32 bits per heavy atom. The first-order valence-corrected chi connectivity index (χ1v) is 9.43. The maximum absolute atomic E-state index is 12.9. The quantitative estimate of drug-likeness (QED) is 0.476. The smallest absolute Gasteiger partial charge is 0.398 e. The molecule has 10 heteroatoms. The molecule has 1 saturated heterocycles. The Bertz CT molecular complexity index is 772. The Morgan fingerprint density at radius 3 is 2.64 bits per heavy atom. The number of nitrogens with two attached hydrogens (primary N) is 1. The number of aliphatic hydroxyl groups is 1. The molecule has 154 valence electrons. The minimum atomic E-state index is -4.58. The molecule has 1 fully saturated rings. The Kier molecular flexibility index (Phi) is 6.49. The third-order valence-electron chi connectivity index (χ3n) is 4.93. The number of aromatic nitrogens is 2. The van der Waals surface area contributed by atoms with Gasteiger partial charge in [-0.3, -0.25) is 10.00 Å². The highest BCUT2D eigenvalue weighted by Crippen LogP contribution is 2.31. The van der Waals surface area contributed by atoms with Gasteiger partial charge >= 0.3 is 6.18 Å². The lowest BCUT2D eigenvalue weighted by atomic mass is 10.1. The van der Waals surface area contributed by atoms with Crippen LogP contribution in [0, 0.1) is 0 Å². The number of benzene rings is 1. The lowest BCUT2D eigenvalue weighted by Crippen LogP contribution is -2.36. The van der Waals surface area contributed by atoms with Gasteiger partial charge in [-0.25, -0.2) is 0 Å². The SMILES string of the molecule is Nc1cccc(Cl)c1CN(CCN1CCCC1)C(O)c1cc(C(F)(F)F)n[nH]1. The van der Waals surface area contributed by atoms with E-state index in [0.29, 0.717) is 29.4 Å². The number of aliphatic hydroxyl groups excluding tert-OH is 1.